The van der Waals surface area contributed by atoms with Gasteiger partial charge >= 0.3 is 0 Å². The maximum Gasteiger partial charge on any atom is 0.262 e. The van der Waals surface area contributed by atoms with Gasteiger partial charge in [-0.05, 0) is 62.1 Å². The molecule has 2 aromatic carbocycles. The number of amides is 1. The van der Waals surface area contributed by atoms with Crippen LogP contribution in [0.25, 0.3) is 0 Å². The van der Waals surface area contributed by atoms with Crippen LogP contribution in [0.15, 0.2) is 30.3 Å². The molecule has 4 heteroatoms. The summed E-state index contributed by atoms with van der Waals surface area (Å²) in [6.45, 7) is 7.96. The Morgan fingerprint density at radius 3 is 2.52 bits per heavy atom. The van der Waals surface area contributed by atoms with Crippen molar-refractivity contribution in [2.24, 2.45) is 0 Å². The summed E-state index contributed by atoms with van der Waals surface area (Å²) in [7, 11) is 0. The predicted octanol–water partition coefficient (Wildman–Crippen LogP) is 3.77. The van der Waals surface area contributed by atoms with Crippen LogP contribution < -0.4 is 15.8 Å². The zero-order chi connectivity index (χ0) is 17.0. The van der Waals surface area contributed by atoms with Gasteiger partial charge in [0.15, 0.2) is 6.61 Å². The number of aryl methyl sites for hydroxylation is 4. The highest BCUT2D eigenvalue weighted by Crippen LogP contribution is 2.25. The minimum atomic E-state index is -0.174. The summed E-state index contributed by atoms with van der Waals surface area (Å²) in [5.41, 5.74) is 11.6. The first-order valence-corrected chi connectivity index (χ1v) is 7.79. The normalized spacial score (nSPS) is 10.4. The van der Waals surface area contributed by atoms with Crippen LogP contribution in [-0.2, 0) is 11.2 Å². The van der Waals surface area contributed by atoms with E-state index in [0.29, 0.717) is 5.69 Å². The largest absolute Gasteiger partial charge is 0.483 e. The van der Waals surface area contributed by atoms with Crippen LogP contribution in [0.5, 0.6) is 5.75 Å². The van der Waals surface area contributed by atoms with E-state index in [1.165, 1.54) is 5.56 Å². The second kappa shape index (κ2) is 7.18. The molecule has 0 saturated carbocycles. The Hall–Kier alpha value is -2.49. The molecular weight excluding hydrogens is 288 g/mol. The van der Waals surface area contributed by atoms with Crippen LogP contribution in [0.3, 0.4) is 0 Å². The number of carbonyl (C=O) groups excluding carboxylic acids is 1. The highest BCUT2D eigenvalue weighted by Gasteiger charge is 2.11. The number of carbonyl (C=O) groups is 1. The molecule has 2 rings (SSSR count). The number of anilines is 2. The van der Waals surface area contributed by atoms with Crippen LogP contribution in [0.2, 0.25) is 0 Å². The molecule has 0 unspecified atom stereocenters. The lowest BCUT2D eigenvalue weighted by Crippen LogP contribution is -2.21. The fourth-order valence-electron chi connectivity index (χ4n) is 2.63. The molecule has 0 aliphatic heterocycles. The molecule has 0 fully saturated rings. The van der Waals surface area contributed by atoms with Gasteiger partial charge in [0.2, 0.25) is 0 Å². The van der Waals surface area contributed by atoms with Crippen molar-refractivity contribution in [2.45, 2.75) is 34.1 Å². The van der Waals surface area contributed by atoms with Crippen LogP contribution in [0.4, 0.5) is 11.4 Å². The summed E-state index contributed by atoms with van der Waals surface area (Å²) in [6.07, 6.45) is 0.805. The van der Waals surface area contributed by atoms with E-state index in [-0.39, 0.29) is 12.5 Å². The number of benzene rings is 2. The molecule has 0 spiro atoms. The number of nitrogens with two attached hydrogens (primary N) is 1. The lowest BCUT2D eigenvalue weighted by Gasteiger charge is -2.15. The number of ether oxygens (including phenoxy) is 1. The van der Waals surface area contributed by atoms with E-state index in [0.717, 1.165) is 34.5 Å². The van der Waals surface area contributed by atoms with Gasteiger partial charge in [-0.3, -0.25) is 4.79 Å². The van der Waals surface area contributed by atoms with E-state index < -0.39 is 0 Å². The lowest BCUT2D eigenvalue weighted by atomic mass is 10.0. The molecule has 0 aliphatic rings. The average molecular weight is 312 g/mol. The predicted molar refractivity (Wildman–Crippen MR) is 95.0 cm³/mol. The van der Waals surface area contributed by atoms with E-state index in [9.17, 15) is 4.79 Å². The molecule has 1 amide bonds. The van der Waals surface area contributed by atoms with Crippen LogP contribution in [0, 0.1) is 20.8 Å². The molecule has 0 aromatic heterocycles. The Labute approximate surface area is 137 Å². The number of nitrogens with one attached hydrogen (secondary N) is 1. The summed E-state index contributed by atoms with van der Waals surface area (Å²) < 4.78 is 5.63. The second-order valence-electron chi connectivity index (χ2n) is 5.83. The molecule has 0 bridgehead atoms. The molecule has 3 N–H and O–H groups in total. The third kappa shape index (κ3) is 4.25. The monoisotopic (exact) mass is 312 g/mol. The Bertz CT molecular complexity index is 724. The van der Waals surface area contributed by atoms with Gasteiger partial charge in [0, 0.05) is 11.4 Å². The van der Waals surface area contributed by atoms with Crippen molar-refractivity contribution in [2.75, 3.05) is 17.7 Å². The minimum Gasteiger partial charge on any atom is -0.483 e. The summed E-state index contributed by atoms with van der Waals surface area (Å²) in [4.78, 5) is 12.2. The van der Waals surface area contributed by atoms with Crippen LogP contribution >= 0.6 is 0 Å². The number of rotatable bonds is 5. The van der Waals surface area contributed by atoms with Gasteiger partial charge in [0.1, 0.15) is 5.75 Å². The summed E-state index contributed by atoms with van der Waals surface area (Å²) in [5, 5.41) is 2.94. The van der Waals surface area contributed by atoms with Crippen molar-refractivity contribution in [1.29, 1.82) is 0 Å². The van der Waals surface area contributed by atoms with Crippen molar-refractivity contribution in [3.05, 3.63) is 52.6 Å². The third-order valence-electron chi connectivity index (χ3n) is 3.77. The Morgan fingerprint density at radius 2 is 1.87 bits per heavy atom. The van der Waals surface area contributed by atoms with Crippen LogP contribution in [0.1, 0.15) is 29.2 Å². The minimum absolute atomic E-state index is 0.0170. The Kier molecular flexibility index (Phi) is 5.27. The van der Waals surface area contributed by atoms with Crippen molar-refractivity contribution in [1.82, 2.24) is 0 Å². The fourth-order valence-corrected chi connectivity index (χ4v) is 2.63. The highest BCUT2D eigenvalue weighted by molar-refractivity contribution is 5.93. The smallest absolute Gasteiger partial charge is 0.262 e. The first-order chi connectivity index (χ1) is 10.9. The Balaban J connectivity index is 2.05. The molecular formula is C19H24N2O2. The fraction of sp³-hybridized carbons (Fsp3) is 0.316. The zero-order valence-corrected chi connectivity index (χ0v) is 14.2. The Morgan fingerprint density at radius 1 is 1.13 bits per heavy atom. The maximum atomic E-state index is 12.2. The average Bonchev–Trinajstić information content (AvgIpc) is 2.48. The molecule has 0 aliphatic carbocycles. The molecule has 0 radical (unpaired) electrons. The molecule has 23 heavy (non-hydrogen) atoms. The van der Waals surface area contributed by atoms with E-state index in [1.54, 1.807) is 0 Å². The van der Waals surface area contributed by atoms with Crippen LogP contribution in [-0.4, -0.2) is 12.5 Å². The molecule has 0 saturated heterocycles. The van der Waals surface area contributed by atoms with E-state index in [1.807, 2.05) is 58.0 Å². The van der Waals surface area contributed by atoms with Gasteiger partial charge in [-0.2, -0.15) is 0 Å². The topological polar surface area (TPSA) is 64.3 Å². The van der Waals surface area contributed by atoms with E-state index in [2.05, 4.69) is 5.32 Å². The number of nitrogen functional groups attached to an aromatic ring is 1. The summed E-state index contributed by atoms with van der Waals surface area (Å²) >= 11 is 0. The van der Waals surface area contributed by atoms with Crippen molar-refractivity contribution in [3.63, 3.8) is 0 Å². The van der Waals surface area contributed by atoms with Gasteiger partial charge in [-0.25, -0.2) is 0 Å². The standard InChI is InChI=1S/C19H24N2O2/c1-5-15-10-16(20)9-14(4)19(15)21-18(22)11-23-17-7-6-12(2)8-13(17)3/h6-10H,5,11,20H2,1-4H3,(H,21,22). The van der Waals surface area contributed by atoms with Crippen molar-refractivity contribution < 1.29 is 9.53 Å². The molecule has 2 aromatic rings. The third-order valence-corrected chi connectivity index (χ3v) is 3.77. The van der Waals surface area contributed by atoms with Gasteiger partial charge in [0.25, 0.3) is 5.91 Å². The number of hydrogen-bond donors (Lipinski definition) is 2. The lowest BCUT2D eigenvalue weighted by molar-refractivity contribution is -0.118. The zero-order valence-electron chi connectivity index (χ0n) is 14.2. The summed E-state index contributed by atoms with van der Waals surface area (Å²) in [5.74, 6) is 0.558. The van der Waals surface area contributed by atoms with Gasteiger partial charge in [-0.1, -0.05) is 24.6 Å². The molecule has 0 heterocycles. The first kappa shape index (κ1) is 16.9. The first-order valence-electron chi connectivity index (χ1n) is 7.79. The number of hydrogen-bond acceptors (Lipinski definition) is 3. The molecule has 122 valence electrons. The quantitative estimate of drug-likeness (QED) is 0.826. The van der Waals surface area contributed by atoms with E-state index >= 15 is 0 Å². The summed E-state index contributed by atoms with van der Waals surface area (Å²) in [6, 6.07) is 9.66. The highest BCUT2D eigenvalue weighted by atomic mass is 16.5. The SMILES string of the molecule is CCc1cc(N)cc(C)c1NC(=O)COc1ccc(C)cc1C. The van der Waals surface area contributed by atoms with Crippen molar-refractivity contribution in [3.8, 4) is 5.75 Å². The van der Waals surface area contributed by atoms with Gasteiger partial charge < -0.3 is 15.8 Å². The van der Waals surface area contributed by atoms with Gasteiger partial charge in [0.05, 0.1) is 0 Å². The molecule has 0 atom stereocenters. The molecule has 4 nitrogen and oxygen atoms in total. The van der Waals surface area contributed by atoms with Crippen molar-refractivity contribution >= 4 is 17.3 Å². The maximum absolute atomic E-state index is 12.2. The van der Waals surface area contributed by atoms with E-state index in [4.69, 9.17) is 10.5 Å². The second-order valence-corrected chi connectivity index (χ2v) is 5.83. The van der Waals surface area contributed by atoms with Gasteiger partial charge in [-0.15, -0.1) is 0 Å².